The Morgan fingerprint density at radius 1 is 1.21 bits per heavy atom. The number of aryl methyl sites for hydroxylation is 1. The maximum Gasteiger partial charge on any atom is 0.435 e. The fourth-order valence-corrected chi connectivity index (χ4v) is 3.94. The van der Waals surface area contributed by atoms with Crippen LogP contribution in [0, 0.1) is 0 Å². The highest BCUT2D eigenvalue weighted by Gasteiger charge is 2.38. The molecule has 1 aromatic carbocycles. The van der Waals surface area contributed by atoms with Crippen molar-refractivity contribution in [3.05, 3.63) is 59.8 Å². The number of ether oxygens (including phenoxy) is 3. The predicted molar refractivity (Wildman–Crippen MR) is 132 cm³/mol. The molecular formula is C25H27F3N6O5. The lowest BCUT2D eigenvalue weighted by molar-refractivity contribution is -0.141. The number of hydrogen-bond donors (Lipinski definition) is 2. The summed E-state index contributed by atoms with van der Waals surface area (Å²) >= 11 is 0. The molecule has 39 heavy (non-hydrogen) atoms. The van der Waals surface area contributed by atoms with Gasteiger partial charge in [-0.25, -0.2) is 14.6 Å². The Hall–Kier alpha value is -4.01. The van der Waals surface area contributed by atoms with Gasteiger partial charge in [0.25, 0.3) is 11.8 Å². The summed E-state index contributed by atoms with van der Waals surface area (Å²) in [5.41, 5.74) is 0.294. The van der Waals surface area contributed by atoms with Crippen LogP contribution in [0.5, 0.6) is 11.6 Å². The number of fused-ring (bicyclic) bond motifs is 1. The number of halogens is 3. The van der Waals surface area contributed by atoms with Crippen LogP contribution in [0.15, 0.2) is 43.0 Å². The second kappa shape index (κ2) is 12.2. The number of hydrogen-bond acceptors (Lipinski definition) is 8. The molecule has 0 radical (unpaired) electrons. The number of rotatable bonds is 12. The normalized spacial score (nSPS) is 11.7. The van der Waals surface area contributed by atoms with E-state index in [0.29, 0.717) is 17.7 Å². The number of amides is 1. The van der Waals surface area contributed by atoms with Gasteiger partial charge in [-0.15, -0.1) is 0 Å². The van der Waals surface area contributed by atoms with E-state index in [2.05, 4.69) is 20.4 Å². The Morgan fingerprint density at radius 3 is 2.74 bits per heavy atom. The Balaban J connectivity index is 1.59. The van der Waals surface area contributed by atoms with Crippen molar-refractivity contribution in [2.24, 2.45) is 0 Å². The Bertz CT molecular complexity index is 1440. The monoisotopic (exact) mass is 548 g/mol. The molecule has 0 saturated carbocycles. The summed E-state index contributed by atoms with van der Waals surface area (Å²) in [6, 6.07) is 4.92. The predicted octanol–water partition coefficient (Wildman–Crippen LogP) is 3.31. The van der Waals surface area contributed by atoms with Crippen LogP contribution in [0.4, 0.5) is 13.2 Å². The summed E-state index contributed by atoms with van der Waals surface area (Å²) in [4.78, 5) is 21.1. The van der Waals surface area contributed by atoms with E-state index in [1.165, 1.54) is 36.3 Å². The van der Waals surface area contributed by atoms with E-state index in [0.717, 1.165) is 10.2 Å². The zero-order chi connectivity index (χ0) is 28.0. The van der Waals surface area contributed by atoms with Gasteiger partial charge in [0.05, 0.1) is 37.3 Å². The SMILES string of the molecule is CCc1cc(Oc2nccn3c(-c4cn(COC)nc4C(F)(F)F)cnc23)ccc1C(=O)NCCOCCO. The zero-order valence-electron chi connectivity index (χ0n) is 21.2. The molecular weight excluding hydrogens is 521 g/mol. The van der Waals surface area contributed by atoms with Crippen molar-refractivity contribution in [2.75, 3.05) is 33.5 Å². The first kappa shape index (κ1) is 28.0. The molecule has 0 bridgehead atoms. The number of carbonyl (C=O) groups is 1. The van der Waals surface area contributed by atoms with Crippen LogP contribution in [0.3, 0.4) is 0 Å². The molecule has 1 amide bonds. The molecule has 4 aromatic rings. The van der Waals surface area contributed by atoms with Crippen molar-refractivity contribution in [2.45, 2.75) is 26.3 Å². The number of imidazole rings is 1. The van der Waals surface area contributed by atoms with Crippen molar-refractivity contribution in [3.8, 4) is 22.9 Å². The van der Waals surface area contributed by atoms with Gasteiger partial charge in [-0.2, -0.15) is 18.3 Å². The third kappa shape index (κ3) is 6.35. The van der Waals surface area contributed by atoms with E-state index in [-0.39, 0.29) is 61.8 Å². The minimum atomic E-state index is -4.69. The lowest BCUT2D eigenvalue weighted by atomic mass is 10.0. The molecule has 0 fully saturated rings. The first-order chi connectivity index (χ1) is 18.8. The maximum absolute atomic E-state index is 13.7. The fourth-order valence-electron chi connectivity index (χ4n) is 3.94. The molecule has 0 spiro atoms. The summed E-state index contributed by atoms with van der Waals surface area (Å²) in [6.07, 6.45) is 1.25. The molecule has 3 heterocycles. The fraction of sp³-hybridized carbons (Fsp3) is 0.360. The van der Waals surface area contributed by atoms with Gasteiger partial charge < -0.3 is 24.6 Å². The molecule has 0 unspecified atom stereocenters. The number of benzene rings is 1. The summed E-state index contributed by atoms with van der Waals surface area (Å²) in [5, 5.41) is 15.1. The van der Waals surface area contributed by atoms with Gasteiger partial charge >= 0.3 is 6.18 Å². The molecule has 0 saturated heterocycles. The second-order valence-electron chi connectivity index (χ2n) is 8.28. The van der Waals surface area contributed by atoms with Gasteiger partial charge in [0.15, 0.2) is 5.69 Å². The van der Waals surface area contributed by atoms with Crippen LogP contribution in [0.25, 0.3) is 16.9 Å². The first-order valence-electron chi connectivity index (χ1n) is 12.0. The van der Waals surface area contributed by atoms with Crippen LogP contribution < -0.4 is 10.1 Å². The van der Waals surface area contributed by atoms with Gasteiger partial charge in [-0.3, -0.25) is 9.20 Å². The van der Waals surface area contributed by atoms with Gasteiger partial charge in [0.2, 0.25) is 5.65 Å². The third-order valence-electron chi connectivity index (χ3n) is 5.65. The maximum atomic E-state index is 13.7. The van der Waals surface area contributed by atoms with Crippen LogP contribution >= 0.6 is 0 Å². The van der Waals surface area contributed by atoms with Gasteiger partial charge in [0.1, 0.15) is 12.5 Å². The number of aliphatic hydroxyl groups excluding tert-OH is 1. The number of nitrogens with one attached hydrogen (secondary N) is 1. The molecule has 0 aliphatic rings. The van der Waals surface area contributed by atoms with E-state index in [1.54, 1.807) is 18.2 Å². The number of aliphatic hydroxyl groups is 1. The first-order valence-corrected chi connectivity index (χ1v) is 12.0. The van der Waals surface area contributed by atoms with E-state index in [1.807, 2.05) is 6.92 Å². The van der Waals surface area contributed by atoms with Crippen LogP contribution in [0.2, 0.25) is 0 Å². The van der Waals surface area contributed by atoms with Crippen molar-refractivity contribution in [3.63, 3.8) is 0 Å². The molecule has 11 nitrogen and oxygen atoms in total. The highest BCUT2D eigenvalue weighted by Crippen LogP contribution is 2.37. The van der Waals surface area contributed by atoms with E-state index in [4.69, 9.17) is 19.3 Å². The smallest absolute Gasteiger partial charge is 0.435 e. The minimum Gasteiger partial charge on any atom is -0.436 e. The van der Waals surface area contributed by atoms with Crippen LogP contribution in [-0.2, 0) is 28.8 Å². The molecule has 4 rings (SSSR count). The molecule has 0 aliphatic heterocycles. The average Bonchev–Trinajstić information content (AvgIpc) is 3.53. The lowest BCUT2D eigenvalue weighted by Gasteiger charge is -2.12. The standard InChI is InChI=1S/C25H27F3N6O5/c1-3-16-12-17(4-5-18(16)23(36)29-7-10-38-11-9-35)39-24-22-31-13-20(34(22)8-6-30-24)19-14-33(15-37-2)32-21(19)25(26,27)28/h4-6,8,12-14,35H,3,7,9-11,15H2,1-2H3,(H,29,36). The molecule has 208 valence electrons. The molecule has 0 aliphatic carbocycles. The summed E-state index contributed by atoms with van der Waals surface area (Å²) in [5.74, 6) is 0.171. The highest BCUT2D eigenvalue weighted by atomic mass is 19.4. The third-order valence-corrected chi connectivity index (χ3v) is 5.65. The average molecular weight is 549 g/mol. The highest BCUT2D eigenvalue weighted by molar-refractivity contribution is 5.95. The number of carbonyl (C=O) groups excluding carboxylic acids is 1. The van der Waals surface area contributed by atoms with Crippen molar-refractivity contribution in [1.82, 2.24) is 29.5 Å². The minimum absolute atomic E-state index is 0.0712. The van der Waals surface area contributed by atoms with E-state index < -0.39 is 11.9 Å². The lowest BCUT2D eigenvalue weighted by Crippen LogP contribution is -2.28. The molecule has 14 heteroatoms. The molecule has 2 N–H and O–H groups in total. The topological polar surface area (TPSA) is 125 Å². The largest absolute Gasteiger partial charge is 0.436 e. The number of methoxy groups -OCH3 is 1. The molecule has 0 atom stereocenters. The Morgan fingerprint density at radius 2 is 2.03 bits per heavy atom. The quantitative estimate of drug-likeness (QED) is 0.259. The zero-order valence-corrected chi connectivity index (χ0v) is 21.2. The van der Waals surface area contributed by atoms with Crippen LogP contribution in [-0.4, -0.2) is 68.6 Å². The van der Waals surface area contributed by atoms with E-state index in [9.17, 15) is 18.0 Å². The number of nitrogens with zero attached hydrogens (tertiary/aromatic N) is 5. The van der Waals surface area contributed by atoms with Crippen molar-refractivity contribution >= 4 is 11.6 Å². The van der Waals surface area contributed by atoms with Gasteiger partial charge in [0, 0.05) is 37.8 Å². The number of alkyl halides is 3. The summed E-state index contributed by atoms with van der Waals surface area (Å²) < 4.78 is 59.6. The summed E-state index contributed by atoms with van der Waals surface area (Å²) in [6.45, 7) is 2.40. The molecule has 3 aromatic heterocycles. The van der Waals surface area contributed by atoms with E-state index >= 15 is 0 Å². The Kier molecular flexibility index (Phi) is 8.79. The van der Waals surface area contributed by atoms with Gasteiger partial charge in [-0.1, -0.05) is 6.92 Å². The van der Waals surface area contributed by atoms with Crippen molar-refractivity contribution < 1.29 is 37.3 Å². The number of aromatic nitrogens is 5. The van der Waals surface area contributed by atoms with Crippen molar-refractivity contribution in [1.29, 1.82) is 0 Å². The summed E-state index contributed by atoms with van der Waals surface area (Å²) in [7, 11) is 1.36. The second-order valence-corrected chi connectivity index (χ2v) is 8.28. The van der Waals surface area contributed by atoms with Crippen LogP contribution in [0.1, 0.15) is 28.5 Å². The van der Waals surface area contributed by atoms with Gasteiger partial charge in [-0.05, 0) is 30.2 Å². The Labute approximate surface area is 221 Å².